The number of hydrogen-bond donors (Lipinski definition) is 0. The number of aromatic nitrogens is 1. The number of amides is 1. The molecule has 9 heteroatoms. The van der Waals surface area contributed by atoms with Gasteiger partial charge in [-0.05, 0) is 18.2 Å². The fourth-order valence-electron chi connectivity index (χ4n) is 2.69. The molecule has 0 radical (unpaired) electrons. The molecule has 132 valence electrons. The van der Waals surface area contributed by atoms with E-state index in [1.807, 2.05) is 0 Å². The second kappa shape index (κ2) is 6.77. The summed E-state index contributed by atoms with van der Waals surface area (Å²) in [5.41, 5.74) is 0.239. The molecule has 25 heavy (non-hydrogen) atoms. The quantitative estimate of drug-likeness (QED) is 0.589. The Morgan fingerprint density at radius 1 is 1.08 bits per heavy atom. The Kier molecular flexibility index (Phi) is 4.69. The molecule has 1 aromatic carbocycles. The van der Waals surface area contributed by atoms with Gasteiger partial charge in [0.05, 0.1) is 0 Å². The monoisotopic (exact) mass is 365 g/mol. The van der Waals surface area contributed by atoms with E-state index in [0.717, 1.165) is 10.4 Å². The summed E-state index contributed by atoms with van der Waals surface area (Å²) in [6.45, 7) is 0.458. The minimum atomic E-state index is -3.95. The standard InChI is InChI=1S/C16H16FN3O4S/c17-14-5-1-2-6-15(14)25(23,24)20-10-8-18(9-11-20)16(21)13-4-3-7-19(22)12-13/h1-7,12H,8-11H2. The third kappa shape index (κ3) is 3.47. The third-order valence-electron chi connectivity index (χ3n) is 4.00. The maximum Gasteiger partial charge on any atom is 0.260 e. The van der Waals surface area contributed by atoms with Gasteiger partial charge in [-0.2, -0.15) is 9.04 Å². The predicted octanol–water partition coefficient (Wildman–Crippen LogP) is 0.606. The van der Waals surface area contributed by atoms with E-state index < -0.39 is 15.8 Å². The molecule has 1 fully saturated rings. The van der Waals surface area contributed by atoms with Crippen molar-refractivity contribution in [2.24, 2.45) is 0 Å². The van der Waals surface area contributed by atoms with Crippen molar-refractivity contribution in [3.05, 3.63) is 65.4 Å². The molecule has 1 aliphatic rings. The highest BCUT2D eigenvalue weighted by Gasteiger charge is 2.32. The van der Waals surface area contributed by atoms with Gasteiger partial charge in [0.25, 0.3) is 5.91 Å². The van der Waals surface area contributed by atoms with Crippen molar-refractivity contribution in [2.75, 3.05) is 26.2 Å². The fourth-order valence-corrected chi connectivity index (χ4v) is 4.18. The van der Waals surface area contributed by atoms with Gasteiger partial charge < -0.3 is 10.1 Å². The number of pyridine rings is 1. The zero-order valence-corrected chi connectivity index (χ0v) is 14.0. The van der Waals surface area contributed by atoms with Crippen LogP contribution in [0.3, 0.4) is 0 Å². The highest BCUT2D eigenvalue weighted by molar-refractivity contribution is 7.89. The number of sulfonamides is 1. The fraction of sp³-hybridized carbons (Fsp3) is 0.250. The molecule has 2 heterocycles. The van der Waals surface area contributed by atoms with E-state index in [1.165, 1.54) is 47.6 Å². The first kappa shape index (κ1) is 17.3. The molecule has 1 aliphatic heterocycles. The van der Waals surface area contributed by atoms with E-state index in [-0.39, 0.29) is 42.5 Å². The summed E-state index contributed by atoms with van der Waals surface area (Å²) in [5, 5.41) is 11.3. The van der Waals surface area contributed by atoms with Crippen molar-refractivity contribution >= 4 is 15.9 Å². The number of rotatable bonds is 3. The van der Waals surface area contributed by atoms with Crippen molar-refractivity contribution in [3.8, 4) is 0 Å². The average molecular weight is 365 g/mol. The van der Waals surface area contributed by atoms with Gasteiger partial charge >= 0.3 is 0 Å². The lowest BCUT2D eigenvalue weighted by atomic mass is 10.2. The number of nitrogens with zero attached hydrogens (tertiary/aromatic N) is 3. The summed E-state index contributed by atoms with van der Waals surface area (Å²) in [5.74, 6) is -1.14. The largest absolute Gasteiger partial charge is 0.619 e. The van der Waals surface area contributed by atoms with Crippen LogP contribution in [0.4, 0.5) is 4.39 Å². The molecule has 0 spiro atoms. The van der Waals surface area contributed by atoms with E-state index in [1.54, 1.807) is 0 Å². The van der Waals surface area contributed by atoms with Crippen LogP contribution < -0.4 is 4.73 Å². The van der Waals surface area contributed by atoms with Crippen LogP contribution in [0.1, 0.15) is 10.4 Å². The van der Waals surface area contributed by atoms with Crippen molar-refractivity contribution in [3.63, 3.8) is 0 Å². The number of carbonyl (C=O) groups is 1. The number of carbonyl (C=O) groups excluding carboxylic acids is 1. The van der Waals surface area contributed by atoms with Crippen LogP contribution in [0.5, 0.6) is 0 Å². The van der Waals surface area contributed by atoms with Crippen molar-refractivity contribution in [1.29, 1.82) is 0 Å². The molecule has 1 aromatic heterocycles. The van der Waals surface area contributed by atoms with Gasteiger partial charge in [-0.25, -0.2) is 12.8 Å². The second-order valence-electron chi connectivity index (χ2n) is 5.58. The van der Waals surface area contributed by atoms with E-state index in [0.29, 0.717) is 4.73 Å². The Morgan fingerprint density at radius 3 is 2.40 bits per heavy atom. The number of hydrogen-bond acceptors (Lipinski definition) is 4. The average Bonchev–Trinajstić information content (AvgIpc) is 2.61. The van der Waals surface area contributed by atoms with Crippen LogP contribution >= 0.6 is 0 Å². The van der Waals surface area contributed by atoms with Crippen molar-refractivity contribution in [2.45, 2.75) is 4.90 Å². The van der Waals surface area contributed by atoms with Crippen LogP contribution in [0.25, 0.3) is 0 Å². The molecule has 1 amide bonds. The van der Waals surface area contributed by atoms with Gasteiger partial charge in [0.2, 0.25) is 10.0 Å². The Labute approximate surface area is 144 Å². The summed E-state index contributed by atoms with van der Waals surface area (Å²) < 4.78 is 40.6. The lowest BCUT2D eigenvalue weighted by Crippen LogP contribution is -2.50. The Morgan fingerprint density at radius 2 is 1.76 bits per heavy atom. The lowest BCUT2D eigenvalue weighted by Gasteiger charge is -2.33. The maximum atomic E-state index is 13.8. The molecule has 2 aromatic rings. The Hall–Kier alpha value is -2.52. The molecule has 0 saturated carbocycles. The number of piperazine rings is 1. The first-order chi connectivity index (χ1) is 11.9. The van der Waals surface area contributed by atoms with Crippen LogP contribution in [0, 0.1) is 11.0 Å². The molecular formula is C16H16FN3O4S. The van der Waals surface area contributed by atoms with Gasteiger partial charge in [-0.1, -0.05) is 12.1 Å². The molecular weight excluding hydrogens is 349 g/mol. The van der Waals surface area contributed by atoms with Crippen LogP contribution in [0.15, 0.2) is 53.7 Å². The topological polar surface area (TPSA) is 84.6 Å². The predicted molar refractivity (Wildman–Crippen MR) is 86.5 cm³/mol. The molecule has 0 bridgehead atoms. The Balaban J connectivity index is 1.72. The second-order valence-corrected chi connectivity index (χ2v) is 7.49. The molecule has 7 nitrogen and oxygen atoms in total. The zero-order valence-electron chi connectivity index (χ0n) is 13.2. The molecule has 0 aliphatic carbocycles. The molecule has 0 atom stereocenters. The highest BCUT2D eigenvalue weighted by Crippen LogP contribution is 2.20. The van der Waals surface area contributed by atoms with E-state index in [2.05, 4.69) is 0 Å². The smallest absolute Gasteiger partial charge is 0.260 e. The van der Waals surface area contributed by atoms with Crippen LogP contribution in [0.2, 0.25) is 0 Å². The minimum Gasteiger partial charge on any atom is -0.619 e. The zero-order chi connectivity index (χ0) is 18.0. The lowest BCUT2D eigenvalue weighted by molar-refractivity contribution is -0.605. The van der Waals surface area contributed by atoms with Crippen molar-refractivity contribution < 1.29 is 22.3 Å². The van der Waals surface area contributed by atoms with Gasteiger partial charge in [0.15, 0.2) is 12.4 Å². The summed E-state index contributed by atoms with van der Waals surface area (Å²) in [6.07, 6.45) is 2.44. The number of benzene rings is 1. The maximum absolute atomic E-state index is 13.8. The summed E-state index contributed by atoms with van der Waals surface area (Å²) in [7, 11) is -3.95. The van der Waals surface area contributed by atoms with E-state index >= 15 is 0 Å². The van der Waals surface area contributed by atoms with Gasteiger partial charge in [-0.15, -0.1) is 0 Å². The normalized spacial score (nSPS) is 16.0. The Bertz CT molecular complexity index is 896. The van der Waals surface area contributed by atoms with Gasteiger partial charge in [-0.3, -0.25) is 4.79 Å². The van der Waals surface area contributed by atoms with E-state index in [9.17, 15) is 22.8 Å². The summed E-state index contributed by atoms with van der Waals surface area (Å²) in [4.78, 5) is 13.5. The van der Waals surface area contributed by atoms with Gasteiger partial charge in [0.1, 0.15) is 16.3 Å². The van der Waals surface area contributed by atoms with Crippen molar-refractivity contribution in [1.82, 2.24) is 9.21 Å². The molecule has 1 saturated heterocycles. The highest BCUT2D eigenvalue weighted by atomic mass is 32.2. The first-order valence-electron chi connectivity index (χ1n) is 7.62. The van der Waals surface area contributed by atoms with Gasteiger partial charge in [0, 0.05) is 32.2 Å². The third-order valence-corrected chi connectivity index (χ3v) is 5.93. The molecule has 0 unspecified atom stereocenters. The molecule has 0 N–H and O–H groups in total. The summed E-state index contributed by atoms with van der Waals surface area (Å²) in [6, 6.07) is 8.20. The summed E-state index contributed by atoms with van der Waals surface area (Å²) >= 11 is 0. The van der Waals surface area contributed by atoms with Crippen LogP contribution in [-0.4, -0.2) is 49.7 Å². The van der Waals surface area contributed by atoms with Crippen LogP contribution in [-0.2, 0) is 10.0 Å². The first-order valence-corrected chi connectivity index (χ1v) is 9.06. The number of halogens is 1. The minimum absolute atomic E-state index is 0.0621. The molecule has 3 rings (SSSR count). The SMILES string of the molecule is O=C(c1ccc[n+]([O-])c1)N1CCN(S(=O)(=O)c2ccccc2F)CC1. The van der Waals surface area contributed by atoms with E-state index in [4.69, 9.17) is 0 Å².